The molecule has 0 radical (unpaired) electrons. The number of hydrogen-bond acceptors (Lipinski definition) is 2. The Hall–Kier alpha value is -0.380. The van der Waals surface area contributed by atoms with Crippen LogP contribution in [0.1, 0.15) is 22.7 Å². The Labute approximate surface area is 119 Å². The van der Waals surface area contributed by atoms with Crippen molar-refractivity contribution in [2.75, 3.05) is 5.88 Å². The van der Waals surface area contributed by atoms with Crippen LogP contribution in [0.5, 0.6) is 0 Å². The Bertz CT molecular complexity index is 467. The molecular weight excluding hydrogens is 318 g/mol. The van der Waals surface area contributed by atoms with Gasteiger partial charge in [0.15, 0.2) is 0 Å². The maximum absolute atomic E-state index is 5.67. The summed E-state index contributed by atoms with van der Waals surface area (Å²) in [5, 5.41) is 3.32. The molecule has 2 aromatic rings. The maximum Gasteiger partial charge on any atom is 0.0972 e. The van der Waals surface area contributed by atoms with E-state index < -0.39 is 0 Å². The van der Waals surface area contributed by atoms with Gasteiger partial charge in [-0.1, -0.05) is 28.1 Å². The van der Waals surface area contributed by atoms with E-state index >= 15 is 0 Å². The van der Waals surface area contributed by atoms with Gasteiger partial charge in [-0.15, -0.1) is 22.9 Å². The van der Waals surface area contributed by atoms with Crippen molar-refractivity contribution in [3.05, 3.63) is 50.4 Å². The number of rotatable bonds is 5. The third-order valence-electron chi connectivity index (χ3n) is 2.43. The summed E-state index contributed by atoms with van der Waals surface area (Å²) in [4.78, 5) is 4.61. The lowest BCUT2D eigenvalue weighted by Crippen LogP contribution is -1.90. The average Bonchev–Trinajstić information content (AvgIpc) is 2.77. The predicted molar refractivity (Wildman–Crippen MR) is 78.1 cm³/mol. The first-order chi connectivity index (χ1) is 8.28. The van der Waals surface area contributed by atoms with E-state index in [9.17, 15) is 0 Å². The van der Waals surface area contributed by atoms with Crippen LogP contribution in [-0.2, 0) is 12.8 Å². The number of aromatic nitrogens is 1. The molecule has 0 saturated heterocycles. The molecule has 1 heterocycles. The Morgan fingerprint density at radius 2 is 2.00 bits per heavy atom. The number of hydrogen-bond donors (Lipinski definition) is 0. The van der Waals surface area contributed by atoms with Gasteiger partial charge in [0.25, 0.3) is 0 Å². The molecule has 90 valence electrons. The summed E-state index contributed by atoms with van der Waals surface area (Å²) in [6.07, 6.45) is 2.90. The molecule has 1 aromatic heterocycles. The molecule has 4 heteroatoms. The third-order valence-corrected chi connectivity index (χ3v) is 4.13. The van der Waals surface area contributed by atoms with Gasteiger partial charge >= 0.3 is 0 Å². The molecule has 0 bridgehead atoms. The normalized spacial score (nSPS) is 10.7. The zero-order chi connectivity index (χ0) is 12.1. The van der Waals surface area contributed by atoms with Gasteiger partial charge in [-0.05, 0) is 30.5 Å². The topological polar surface area (TPSA) is 12.9 Å². The summed E-state index contributed by atoms with van der Waals surface area (Å²) >= 11 is 10.8. The first-order valence-corrected chi connectivity index (χ1v) is 7.72. The quantitative estimate of drug-likeness (QED) is 0.726. The highest BCUT2D eigenvalue weighted by molar-refractivity contribution is 9.10. The number of benzene rings is 1. The Balaban J connectivity index is 1.98. The van der Waals surface area contributed by atoms with Crippen molar-refractivity contribution in [2.45, 2.75) is 19.3 Å². The van der Waals surface area contributed by atoms with Crippen LogP contribution in [-0.4, -0.2) is 10.9 Å². The fraction of sp³-hybridized carbons (Fsp3) is 0.308. The van der Waals surface area contributed by atoms with E-state index in [-0.39, 0.29) is 0 Å². The summed E-state index contributed by atoms with van der Waals surface area (Å²) in [6.45, 7) is 0. The van der Waals surface area contributed by atoms with E-state index in [4.69, 9.17) is 11.6 Å². The van der Waals surface area contributed by atoms with Gasteiger partial charge in [-0.25, -0.2) is 4.98 Å². The molecule has 17 heavy (non-hydrogen) atoms. The lowest BCUT2D eigenvalue weighted by Gasteiger charge is -1.98. The Morgan fingerprint density at radius 1 is 1.24 bits per heavy atom. The summed E-state index contributed by atoms with van der Waals surface area (Å²) in [6, 6.07) is 8.39. The van der Waals surface area contributed by atoms with E-state index in [1.54, 1.807) is 11.3 Å². The molecule has 2 rings (SSSR count). The first-order valence-electron chi connectivity index (χ1n) is 5.51. The lowest BCUT2D eigenvalue weighted by molar-refractivity contribution is 0.889. The van der Waals surface area contributed by atoms with Crippen LogP contribution in [0.15, 0.2) is 34.1 Å². The van der Waals surface area contributed by atoms with Crippen molar-refractivity contribution in [2.24, 2.45) is 0 Å². The summed E-state index contributed by atoms with van der Waals surface area (Å²) < 4.78 is 1.11. The van der Waals surface area contributed by atoms with Gasteiger partial charge < -0.3 is 0 Å². The van der Waals surface area contributed by atoms with E-state index in [1.165, 1.54) is 16.3 Å². The van der Waals surface area contributed by atoms with Gasteiger partial charge in [0.2, 0.25) is 0 Å². The molecule has 0 amide bonds. The molecule has 0 fully saturated rings. The van der Waals surface area contributed by atoms with Crippen molar-refractivity contribution in [3.63, 3.8) is 0 Å². The smallest absolute Gasteiger partial charge is 0.0972 e. The number of halogens is 2. The largest absolute Gasteiger partial charge is 0.246 e. The molecular formula is C13H13BrClNS. The molecule has 0 N–H and O–H groups in total. The van der Waals surface area contributed by atoms with Crippen LogP contribution in [0.4, 0.5) is 0 Å². The highest BCUT2D eigenvalue weighted by Crippen LogP contribution is 2.17. The van der Waals surface area contributed by atoms with Crippen LogP contribution < -0.4 is 0 Å². The summed E-state index contributed by atoms with van der Waals surface area (Å²) in [5.41, 5.74) is 2.47. The number of alkyl halides is 1. The number of aryl methyl sites for hydroxylation is 1. The molecule has 0 unspecified atom stereocenters. The zero-order valence-electron chi connectivity index (χ0n) is 9.33. The standard InChI is InChI=1S/C13H13BrClNS/c14-11-5-3-10(4-6-11)8-13-16-12(9-17-13)2-1-7-15/h3-6,9H,1-2,7-8H2. The van der Waals surface area contributed by atoms with Gasteiger partial charge in [-0.3, -0.25) is 0 Å². The molecule has 0 aliphatic rings. The molecule has 1 aromatic carbocycles. The van der Waals surface area contributed by atoms with E-state index in [0.29, 0.717) is 5.88 Å². The van der Waals surface area contributed by atoms with E-state index in [2.05, 4.69) is 50.6 Å². The molecule has 1 nitrogen and oxygen atoms in total. The van der Waals surface area contributed by atoms with Gasteiger partial charge in [0.1, 0.15) is 0 Å². The van der Waals surface area contributed by atoms with E-state index in [1.807, 2.05) is 0 Å². The Kier molecular flexibility index (Phi) is 5.01. The molecule has 0 spiro atoms. The fourth-order valence-electron chi connectivity index (χ4n) is 1.57. The van der Waals surface area contributed by atoms with Crippen LogP contribution in [0, 0.1) is 0 Å². The minimum atomic E-state index is 0.708. The maximum atomic E-state index is 5.67. The molecule has 0 aliphatic heterocycles. The van der Waals surface area contributed by atoms with Crippen LogP contribution in [0.3, 0.4) is 0 Å². The van der Waals surface area contributed by atoms with Gasteiger partial charge in [-0.2, -0.15) is 0 Å². The monoisotopic (exact) mass is 329 g/mol. The SMILES string of the molecule is ClCCCc1csc(Cc2ccc(Br)cc2)n1. The lowest BCUT2D eigenvalue weighted by atomic mass is 10.2. The van der Waals surface area contributed by atoms with Crippen LogP contribution >= 0.6 is 38.9 Å². The second-order valence-corrected chi connectivity index (χ2v) is 6.06. The second-order valence-electron chi connectivity index (χ2n) is 3.83. The highest BCUT2D eigenvalue weighted by Gasteiger charge is 2.03. The van der Waals surface area contributed by atoms with Crippen molar-refractivity contribution in [3.8, 4) is 0 Å². The van der Waals surface area contributed by atoms with Crippen molar-refractivity contribution in [1.29, 1.82) is 0 Å². The number of thiazole rings is 1. The average molecular weight is 331 g/mol. The minimum Gasteiger partial charge on any atom is -0.246 e. The van der Waals surface area contributed by atoms with Crippen molar-refractivity contribution in [1.82, 2.24) is 4.98 Å². The zero-order valence-corrected chi connectivity index (χ0v) is 12.5. The summed E-state index contributed by atoms with van der Waals surface area (Å²) in [7, 11) is 0. The molecule has 0 saturated carbocycles. The predicted octanol–water partition coefficient (Wildman–Crippen LogP) is 4.67. The minimum absolute atomic E-state index is 0.708. The van der Waals surface area contributed by atoms with Crippen molar-refractivity contribution >= 4 is 38.9 Å². The van der Waals surface area contributed by atoms with Gasteiger partial charge in [0, 0.05) is 22.2 Å². The van der Waals surface area contributed by atoms with Crippen LogP contribution in [0.2, 0.25) is 0 Å². The van der Waals surface area contributed by atoms with Gasteiger partial charge in [0.05, 0.1) is 10.7 Å². The fourth-order valence-corrected chi connectivity index (χ4v) is 2.83. The third kappa shape index (κ3) is 4.09. The highest BCUT2D eigenvalue weighted by atomic mass is 79.9. The first kappa shape index (κ1) is 13.1. The van der Waals surface area contributed by atoms with Crippen molar-refractivity contribution < 1.29 is 0 Å². The second kappa shape index (κ2) is 6.53. The summed E-state index contributed by atoms with van der Waals surface area (Å²) in [5.74, 6) is 0.708. The Morgan fingerprint density at radius 3 is 2.71 bits per heavy atom. The molecule has 0 aliphatic carbocycles. The van der Waals surface area contributed by atoms with Crippen LogP contribution in [0.25, 0.3) is 0 Å². The number of nitrogens with zero attached hydrogens (tertiary/aromatic N) is 1. The molecule has 0 atom stereocenters. The van der Waals surface area contributed by atoms with E-state index in [0.717, 1.165) is 23.7 Å².